The van der Waals surface area contributed by atoms with Gasteiger partial charge in [0.05, 0.1) is 26.1 Å². The van der Waals surface area contributed by atoms with Crippen molar-refractivity contribution in [1.29, 1.82) is 0 Å². The fraction of sp³-hybridized carbons (Fsp3) is 0.524. The highest BCUT2D eigenvalue weighted by Crippen LogP contribution is 2.31. The molecule has 1 aromatic carbocycles. The lowest BCUT2D eigenvalue weighted by Crippen LogP contribution is -2.53. The average molecular weight is 435 g/mol. The number of hydrogen-bond donors (Lipinski definition) is 0. The normalized spacial score (nSPS) is 24.0. The van der Waals surface area contributed by atoms with Crippen LogP contribution in [0.4, 0.5) is 5.69 Å². The van der Waals surface area contributed by atoms with Crippen LogP contribution < -0.4 is 4.90 Å². The number of thioether (sulfide) groups is 1. The highest BCUT2D eigenvalue weighted by atomic mass is 32.2. The summed E-state index contributed by atoms with van der Waals surface area (Å²) in [6.45, 7) is 0.507. The minimum Gasteiger partial charge on any atom is -0.469 e. The number of nitrogens with zero attached hydrogens (tertiary/aromatic N) is 2. The fourth-order valence-electron chi connectivity index (χ4n) is 4.09. The van der Waals surface area contributed by atoms with Crippen LogP contribution in [0.1, 0.15) is 19.3 Å². The number of piperidine rings is 1. The van der Waals surface area contributed by atoms with Crippen LogP contribution in [0.15, 0.2) is 29.2 Å². The topological polar surface area (TPSA) is 93.2 Å². The van der Waals surface area contributed by atoms with Crippen LogP contribution in [-0.4, -0.2) is 68.3 Å². The Labute approximate surface area is 179 Å². The molecule has 3 unspecified atom stereocenters. The second kappa shape index (κ2) is 9.51. The Morgan fingerprint density at radius 2 is 1.70 bits per heavy atom. The van der Waals surface area contributed by atoms with Crippen molar-refractivity contribution in [2.75, 3.05) is 38.5 Å². The summed E-state index contributed by atoms with van der Waals surface area (Å²) in [5.41, 5.74) is 0.752. The van der Waals surface area contributed by atoms with Gasteiger partial charge < -0.3 is 19.3 Å². The summed E-state index contributed by atoms with van der Waals surface area (Å²) < 4.78 is 9.66. The van der Waals surface area contributed by atoms with Gasteiger partial charge in [-0.1, -0.05) is 0 Å². The number of methoxy groups -OCH3 is 2. The maximum Gasteiger partial charge on any atom is 0.328 e. The Morgan fingerprint density at radius 1 is 1.03 bits per heavy atom. The largest absolute Gasteiger partial charge is 0.469 e. The van der Waals surface area contributed by atoms with Crippen molar-refractivity contribution in [3.8, 4) is 0 Å². The van der Waals surface area contributed by atoms with Crippen molar-refractivity contribution < 1.29 is 28.7 Å². The Balaban J connectivity index is 1.73. The van der Waals surface area contributed by atoms with Crippen molar-refractivity contribution in [2.24, 2.45) is 11.8 Å². The summed E-state index contributed by atoms with van der Waals surface area (Å²) in [7, 11) is 2.56. The van der Waals surface area contributed by atoms with Crippen LogP contribution in [0, 0.1) is 11.8 Å². The molecule has 0 bridgehead atoms. The van der Waals surface area contributed by atoms with Gasteiger partial charge in [-0.2, -0.15) is 0 Å². The molecule has 3 rings (SSSR count). The van der Waals surface area contributed by atoms with Crippen molar-refractivity contribution in [3.63, 3.8) is 0 Å². The molecule has 0 radical (unpaired) electrons. The van der Waals surface area contributed by atoms with Gasteiger partial charge in [0.15, 0.2) is 0 Å². The van der Waals surface area contributed by atoms with Crippen molar-refractivity contribution >= 4 is 41.2 Å². The number of amides is 2. The Kier molecular flexibility index (Phi) is 7.02. The molecule has 2 saturated heterocycles. The molecule has 2 heterocycles. The van der Waals surface area contributed by atoms with E-state index < -0.39 is 29.8 Å². The van der Waals surface area contributed by atoms with Crippen LogP contribution in [0.5, 0.6) is 0 Å². The van der Waals surface area contributed by atoms with Gasteiger partial charge in [-0.25, -0.2) is 4.79 Å². The summed E-state index contributed by atoms with van der Waals surface area (Å²) >= 11 is 1.61. The molecule has 3 atom stereocenters. The summed E-state index contributed by atoms with van der Waals surface area (Å²) in [5, 5.41) is 0. The van der Waals surface area contributed by atoms with E-state index in [0.717, 1.165) is 10.6 Å². The first kappa shape index (κ1) is 22.1. The molecule has 0 saturated carbocycles. The highest BCUT2D eigenvalue weighted by molar-refractivity contribution is 7.98. The van der Waals surface area contributed by atoms with Gasteiger partial charge in [0.25, 0.3) is 0 Å². The second-order valence-corrected chi connectivity index (χ2v) is 8.30. The molecule has 0 aromatic heterocycles. The third-order valence-electron chi connectivity index (χ3n) is 5.75. The number of likely N-dealkylation sites (tertiary alicyclic amines) is 1. The smallest absolute Gasteiger partial charge is 0.328 e. The van der Waals surface area contributed by atoms with Crippen molar-refractivity contribution in [2.45, 2.75) is 30.2 Å². The number of benzene rings is 1. The number of ether oxygens (including phenoxy) is 2. The molecule has 0 N–H and O–H groups in total. The van der Waals surface area contributed by atoms with E-state index >= 15 is 0 Å². The van der Waals surface area contributed by atoms with Crippen LogP contribution in [0.3, 0.4) is 0 Å². The molecule has 30 heavy (non-hydrogen) atoms. The lowest BCUT2D eigenvalue weighted by Gasteiger charge is -2.38. The molecule has 8 nitrogen and oxygen atoms in total. The molecule has 162 valence electrons. The second-order valence-electron chi connectivity index (χ2n) is 7.42. The maximum atomic E-state index is 13.2. The average Bonchev–Trinajstić information content (AvgIpc) is 3.18. The quantitative estimate of drug-likeness (QED) is 0.514. The maximum absolute atomic E-state index is 13.2. The van der Waals surface area contributed by atoms with Crippen LogP contribution in [0.25, 0.3) is 0 Å². The SMILES string of the molecule is COC(=O)C1CCN(C(=O)C2CC(=O)N(c3ccc(SC)cc3)C2)C(C(=O)OC)C1. The van der Waals surface area contributed by atoms with E-state index in [2.05, 4.69) is 0 Å². The molecule has 0 spiro atoms. The Hall–Kier alpha value is -2.55. The van der Waals surface area contributed by atoms with E-state index in [1.807, 2.05) is 30.5 Å². The van der Waals surface area contributed by atoms with Gasteiger partial charge >= 0.3 is 11.9 Å². The summed E-state index contributed by atoms with van der Waals surface area (Å²) in [5.74, 6) is -2.34. The number of esters is 2. The van der Waals surface area contributed by atoms with E-state index in [0.29, 0.717) is 6.42 Å². The number of carbonyl (C=O) groups excluding carboxylic acids is 4. The van der Waals surface area contributed by atoms with Gasteiger partial charge in [0, 0.05) is 30.1 Å². The summed E-state index contributed by atoms with van der Waals surface area (Å²) in [6.07, 6.45) is 2.64. The Bertz CT molecular complexity index is 827. The molecule has 1 aromatic rings. The van der Waals surface area contributed by atoms with E-state index in [-0.39, 0.29) is 37.7 Å². The molecule has 2 fully saturated rings. The number of carbonyl (C=O) groups is 4. The van der Waals surface area contributed by atoms with Gasteiger partial charge in [-0.15, -0.1) is 11.8 Å². The van der Waals surface area contributed by atoms with E-state index in [9.17, 15) is 19.2 Å². The van der Waals surface area contributed by atoms with Crippen LogP contribution in [0.2, 0.25) is 0 Å². The molecular formula is C21H26N2O6S. The van der Waals surface area contributed by atoms with Gasteiger partial charge in [-0.05, 0) is 43.4 Å². The third kappa shape index (κ3) is 4.45. The minimum absolute atomic E-state index is 0.0912. The molecule has 9 heteroatoms. The van der Waals surface area contributed by atoms with Gasteiger partial charge in [-0.3, -0.25) is 14.4 Å². The number of hydrogen-bond acceptors (Lipinski definition) is 7. The molecule has 2 amide bonds. The standard InChI is InChI=1S/C21H26N2O6S/c1-28-20(26)13-8-9-22(17(10-13)21(27)29-2)19(25)14-11-18(24)23(12-14)15-4-6-16(30-3)7-5-15/h4-7,13-14,17H,8-12H2,1-3H3. The zero-order valence-corrected chi connectivity index (χ0v) is 18.1. The number of rotatable bonds is 5. The van der Waals surface area contributed by atoms with E-state index in [1.54, 1.807) is 16.7 Å². The van der Waals surface area contributed by atoms with Crippen molar-refractivity contribution in [3.05, 3.63) is 24.3 Å². The zero-order valence-electron chi connectivity index (χ0n) is 17.3. The monoisotopic (exact) mass is 434 g/mol. The lowest BCUT2D eigenvalue weighted by atomic mass is 9.89. The first-order chi connectivity index (χ1) is 14.4. The fourth-order valence-corrected chi connectivity index (χ4v) is 4.50. The molecular weight excluding hydrogens is 408 g/mol. The first-order valence-electron chi connectivity index (χ1n) is 9.80. The zero-order chi connectivity index (χ0) is 21.8. The van der Waals surface area contributed by atoms with E-state index in [4.69, 9.17) is 9.47 Å². The third-order valence-corrected chi connectivity index (χ3v) is 6.50. The summed E-state index contributed by atoms with van der Waals surface area (Å²) in [4.78, 5) is 54.2. The molecule has 2 aliphatic heterocycles. The predicted molar refractivity (Wildman–Crippen MR) is 111 cm³/mol. The van der Waals surface area contributed by atoms with Crippen LogP contribution in [-0.2, 0) is 28.7 Å². The first-order valence-corrected chi connectivity index (χ1v) is 11.0. The molecule has 0 aliphatic carbocycles. The number of anilines is 1. The molecule has 2 aliphatic rings. The minimum atomic E-state index is -0.856. The highest BCUT2D eigenvalue weighted by Gasteiger charge is 2.44. The lowest BCUT2D eigenvalue weighted by molar-refractivity contribution is -0.161. The van der Waals surface area contributed by atoms with Crippen molar-refractivity contribution in [1.82, 2.24) is 4.90 Å². The van der Waals surface area contributed by atoms with E-state index in [1.165, 1.54) is 19.1 Å². The predicted octanol–water partition coefficient (Wildman–Crippen LogP) is 1.71. The van der Waals surface area contributed by atoms with Crippen LogP contribution >= 0.6 is 11.8 Å². The Morgan fingerprint density at radius 3 is 2.30 bits per heavy atom. The summed E-state index contributed by atoms with van der Waals surface area (Å²) in [6, 6.07) is 6.76. The van der Waals surface area contributed by atoms with Gasteiger partial charge in [0.2, 0.25) is 11.8 Å². The van der Waals surface area contributed by atoms with Gasteiger partial charge in [0.1, 0.15) is 6.04 Å².